The molecule has 0 aliphatic carbocycles. The number of amides is 2. The number of hydrazone groups is 1. The first kappa shape index (κ1) is 23.8. The molecule has 0 saturated heterocycles. The Balaban J connectivity index is 2.04. The van der Waals surface area contributed by atoms with Crippen LogP contribution in [0.1, 0.15) is 23.7 Å². The van der Waals surface area contributed by atoms with E-state index in [2.05, 4.69) is 15.8 Å². The van der Waals surface area contributed by atoms with Crippen LogP contribution < -0.4 is 29.7 Å². The zero-order chi connectivity index (χ0) is 23.0. The molecule has 0 radical (unpaired) electrons. The monoisotopic (exact) mass is 449 g/mol. The average Bonchev–Trinajstić information content (AvgIpc) is 2.77. The van der Waals surface area contributed by atoms with Gasteiger partial charge in [-0.05, 0) is 19.1 Å². The summed E-state index contributed by atoms with van der Waals surface area (Å²) < 4.78 is 20.7. The Kier molecular flexibility index (Phi) is 8.51. The second-order valence-corrected chi connectivity index (χ2v) is 6.67. The fraction of sp³-hybridized carbons (Fsp3) is 0.286. The number of ether oxygens (including phenoxy) is 4. The van der Waals surface area contributed by atoms with Crippen LogP contribution in [0.2, 0.25) is 5.02 Å². The van der Waals surface area contributed by atoms with Gasteiger partial charge >= 0.3 is 0 Å². The number of rotatable bonds is 9. The van der Waals surface area contributed by atoms with Gasteiger partial charge in [-0.25, -0.2) is 5.43 Å². The Hall–Kier alpha value is -3.46. The van der Waals surface area contributed by atoms with Crippen LogP contribution in [-0.4, -0.2) is 46.0 Å². The van der Waals surface area contributed by atoms with Gasteiger partial charge in [-0.3, -0.25) is 9.59 Å². The molecule has 2 aromatic carbocycles. The van der Waals surface area contributed by atoms with Crippen LogP contribution in [-0.2, 0) is 4.79 Å². The van der Waals surface area contributed by atoms with Crippen LogP contribution in [0.4, 0.5) is 5.69 Å². The van der Waals surface area contributed by atoms with E-state index in [0.29, 0.717) is 39.4 Å². The Bertz CT molecular complexity index is 993. The molecule has 0 aliphatic heterocycles. The summed E-state index contributed by atoms with van der Waals surface area (Å²) in [6, 6.07) is 7.88. The topological polar surface area (TPSA) is 107 Å². The number of benzene rings is 2. The number of hydrogen-bond acceptors (Lipinski definition) is 7. The van der Waals surface area contributed by atoms with E-state index >= 15 is 0 Å². The third-order valence-electron chi connectivity index (χ3n) is 4.17. The number of nitrogens with one attached hydrogen (secondary N) is 2. The van der Waals surface area contributed by atoms with Gasteiger partial charge in [0, 0.05) is 23.9 Å². The first-order valence-corrected chi connectivity index (χ1v) is 9.47. The highest BCUT2D eigenvalue weighted by Crippen LogP contribution is 2.35. The molecule has 0 atom stereocenters. The van der Waals surface area contributed by atoms with E-state index in [-0.39, 0.29) is 17.9 Å². The Morgan fingerprint density at radius 2 is 1.61 bits per heavy atom. The third kappa shape index (κ3) is 6.26. The summed E-state index contributed by atoms with van der Waals surface area (Å²) in [7, 11) is 5.90. The van der Waals surface area contributed by atoms with Crippen LogP contribution in [0.5, 0.6) is 23.0 Å². The lowest BCUT2D eigenvalue weighted by molar-refractivity contribution is -0.115. The van der Waals surface area contributed by atoms with Crippen molar-refractivity contribution in [3.05, 3.63) is 40.9 Å². The number of halogens is 1. The second-order valence-electron chi connectivity index (χ2n) is 6.27. The molecule has 2 amide bonds. The van der Waals surface area contributed by atoms with Gasteiger partial charge in [-0.15, -0.1) is 0 Å². The number of hydrogen-bond donors (Lipinski definition) is 2. The van der Waals surface area contributed by atoms with Gasteiger partial charge < -0.3 is 24.3 Å². The predicted octanol–water partition coefficient (Wildman–Crippen LogP) is 3.51. The molecule has 0 aromatic heterocycles. The van der Waals surface area contributed by atoms with E-state index in [1.54, 1.807) is 37.3 Å². The highest BCUT2D eigenvalue weighted by molar-refractivity contribution is 6.32. The molecule has 166 valence electrons. The number of carbonyl (C=O) groups excluding carboxylic acids is 2. The SMILES string of the molecule is COc1ccc(C(=O)N/N=C(\C)CC(=O)Nc2cc(OC)c(Cl)cc2OC)c(OC)c1. The lowest BCUT2D eigenvalue weighted by Crippen LogP contribution is -2.22. The van der Waals surface area contributed by atoms with Crippen molar-refractivity contribution in [1.82, 2.24) is 5.43 Å². The molecule has 0 aliphatic rings. The van der Waals surface area contributed by atoms with Crippen LogP contribution in [0.25, 0.3) is 0 Å². The molecule has 9 nitrogen and oxygen atoms in total. The second kappa shape index (κ2) is 11.1. The zero-order valence-electron chi connectivity index (χ0n) is 17.9. The first-order valence-electron chi connectivity index (χ1n) is 9.09. The lowest BCUT2D eigenvalue weighted by atomic mass is 10.2. The summed E-state index contributed by atoms with van der Waals surface area (Å²) in [4.78, 5) is 24.8. The maximum Gasteiger partial charge on any atom is 0.275 e. The molecule has 0 unspecified atom stereocenters. The van der Waals surface area contributed by atoms with E-state index in [1.807, 2.05) is 0 Å². The van der Waals surface area contributed by atoms with Crippen molar-refractivity contribution >= 4 is 34.8 Å². The highest BCUT2D eigenvalue weighted by atomic mass is 35.5. The fourth-order valence-corrected chi connectivity index (χ4v) is 2.85. The van der Waals surface area contributed by atoms with E-state index in [9.17, 15) is 9.59 Å². The fourth-order valence-electron chi connectivity index (χ4n) is 2.62. The predicted molar refractivity (Wildman–Crippen MR) is 118 cm³/mol. The van der Waals surface area contributed by atoms with E-state index in [4.69, 9.17) is 30.5 Å². The smallest absolute Gasteiger partial charge is 0.275 e. The van der Waals surface area contributed by atoms with Crippen molar-refractivity contribution in [3.63, 3.8) is 0 Å². The standard InChI is InChI=1S/C21H24ClN3O6/c1-12(24-25-21(27)14-7-6-13(28-2)9-17(14)29-3)8-20(26)23-16-11-18(30-4)15(22)10-19(16)31-5/h6-7,9-11H,8H2,1-5H3,(H,23,26)(H,25,27)/b24-12+. The van der Waals surface area contributed by atoms with Crippen molar-refractivity contribution < 1.29 is 28.5 Å². The number of anilines is 1. The van der Waals surface area contributed by atoms with Crippen LogP contribution in [0.15, 0.2) is 35.4 Å². The summed E-state index contributed by atoms with van der Waals surface area (Å²) in [6.45, 7) is 1.62. The zero-order valence-corrected chi connectivity index (χ0v) is 18.6. The molecule has 10 heteroatoms. The van der Waals surface area contributed by atoms with Gasteiger partial charge in [-0.2, -0.15) is 5.10 Å². The Morgan fingerprint density at radius 3 is 2.23 bits per heavy atom. The molecule has 0 spiro atoms. The van der Waals surface area contributed by atoms with Gasteiger partial charge in [-0.1, -0.05) is 11.6 Å². The Morgan fingerprint density at radius 1 is 0.935 bits per heavy atom. The maximum atomic E-state index is 12.4. The molecule has 2 rings (SSSR count). The molecular formula is C21H24ClN3O6. The lowest BCUT2D eigenvalue weighted by Gasteiger charge is -2.13. The number of methoxy groups -OCH3 is 4. The number of nitrogens with zero attached hydrogens (tertiary/aromatic N) is 1. The molecule has 0 saturated carbocycles. The van der Waals surface area contributed by atoms with Gasteiger partial charge in [0.1, 0.15) is 23.0 Å². The minimum atomic E-state index is -0.483. The largest absolute Gasteiger partial charge is 0.497 e. The van der Waals surface area contributed by atoms with Gasteiger partial charge in [0.05, 0.1) is 51.1 Å². The summed E-state index contributed by atoms with van der Waals surface area (Å²) in [6.07, 6.45) is -0.0614. The Labute approximate surface area is 185 Å². The van der Waals surface area contributed by atoms with Crippen LogP contribution >= 0.6 is 11.6 Å². The highest BCUT2D eigenvalue weighted by Gasteiger charge is 2.15. The quantitative estimate of drug-likeness (QED) is 0.448. The van der Waals surface area contributed by atoms with Crippen molar-refractivity contribution in [1.29, 1.82) is 0 Å². The molecular weight excluding hydrogens is 426 g/mol. The van der Waals surface area contributed by atoms with E-state index < -0.39 is 5.91 Å². The van der Waals surface area contributed by atoms with Crippen molar-refractivity contribution in [2.45, 2.75) is 13.3 Å². The van der Waals surface area contributed by atoms with E-state index in [1.165, 1.54) is 28.4 Å². The van der Waals surface area contributed by atoms with Gasteiger partial charge in [0.15, 0.2) is 0 Å². The molecule has 0 bridgehead atoms. The molecule has 2 N–H and O–H groups in total. The maximum absolute atomic E-state index is 12.4. The molecule has 0 fully saturated rings. The third-order valence-corrected chi connectivity index (χ3v) is 4.46. The van der Waals surface area contributed by atoms with E-state index in [0.717, 1.165) is 0 Å². The molecule has 31 heavy (non-hydrogen) atoms. The van der Waals surface area contributed by atoms with Gasteiger partial charge in [0.2, 0.25) is 5.91 Å². The minimum absolute atomic E-state index is 0.0614. The summed E-state index contributed by atoms with van der Waals surface area (Å²) >= 11 is 6.07. The van der Waals surface area contributed by atoms with Crippen molar-refractivity contribution in [2.24, 2.45) is 5.10 Å². The minimum Gasteiger partial charge on any atom is -0.497 e. The van der Waals surface area contributed by atoms with Crippen molar-refractivity contribution in [2.75, 3.05) is 33.8 Å². The van der Waals surface area contributed by atoms with Crippen molar-refractivity contribution in [3.8, 4) is 23.0 Å². The average molecular weight is 450 g/mol. The summed E-state index contributed by atoms with van der Waals surface area (Å²) in [5.74, 6) is 0.825. The summed E-state index contributed by atoms with van der Waals surface area (Å²) in [5.41, 5.74) is 3.48. The summed E-state index contributed by atoms with van der Waals surface area (Å²) in [5, 5.41) is 7.05. The van der Waals surface area contributed by atoms with Crippen LogP contribution in [0, 0.1) is 0 Å². The number of carbonyl (C=O) groups is 2. The normalized spacial score (nSPS) is 10.8. The van der Waals surface area contributed by atoms with Gasteiger partial charge in [0.25, 0.3) is 5.91 Å². The van der Waals surface area contributed by atoms with Crippen LogP contribution in [0.3, 0.4) is 0 Å². The first-order chi connectivity index (χ1) is 14.8. The molecule has 0 heterocycles. The molecule has 2 aromatic rings.